The number of hydrogen-bond donors (Lipinski definition) is 1. The fourth-order valence-electron chi connectivity index (χ4n) is 3.38. The van der Waals surface area contributed by atoms with Crippen molar-refractivity contribution in [1.29, 1.82) is 0 Å². The Morgan fingerprint density at radius 2 is 2.00 bits per heavy atom. The average molecular weight is 369 g/mol. The van der Waals surface area contributed by atoms with Crippen LogP contribution >= 0.6 is 0 Å². The van der Waals surface area contributed by atoms with Gasteiger partial charge in [0.25, 0.3) is 5.56 Å². The summed E-state index contributed by atoms with van der Waals surface area (Å²) >= 11 is 0. The molecule has 7 nitrogen and oxygen atoms in total. The largest absolute Gasteiger partial charge is 0.341 e. The molecule has 1 amide bonds. The Balaban J connectivity index is 2.03. The fraction of sp³-hybridized carbons (Fsp3) is 0.647. The molecule has 0 bridgehead atoms. The van der Waals surface area contributed by atoms with Crippen LogP contribution in [0.5, 0.6) is 0 Å². The lowest BCUT2D eigenvalue weighted by atomic mass is 9.92. The molecule has 2 atom stereocenters. The number of carbonyl (C=O) groups is 1. The molecule has 25 heavy (non-hydrogen) atoms. The van der Waals surface area contributed by atoms with E-state index in [4.69, 9.17) is 0 Å². The Kier molecular flexibility index (Phi) is 6.05. The Labute approximate surface area is 149 Å². The van der Waals surface area contributed by atoms with E-state index in [1.165, 1.54) is 6.07 Å². The number of nitrogens with one attached hydrogen (secondary N) is 1. The van der Waals surface area contributed by atoms with E-state index in [0.29, 0.717) is 19.6 Å². The first-order valence-electron chi connectivity index (χ1n) is 8.50. The van der Waals surface area contributed by atoms with E-state index in [1.54, 1.807) is 15.5 Å². The smallest absolute Gasteiger partial charge is 0.250 e. The SMILES string of the molecule is Cc1cccc(=O)n1CCC(=O)N1C[C@@H](NS(C)(=O)=O)[C@H](C(C)C)C1. The molecule has 2 rings (SSSR count). The highest BCUT2D eigenvalue weighted by molar-refractivity contribution is 7.88. The Hall–Kier alpha value is -1.67. The minimum atomic E-state index is -3.32. The highest BCUT2D eigenvalue weighted by Gasteiger charge is 2.37. The first-order chi connectivity index (χ1) is 11.6. The average Bonchev–Trinajstić information content (AvgIpc) is 2.88. The van der Waals surface area contributed by atoms with E-state index in [2.05, 4.69) is 4.72 Å². The quantitative estimate of drug-likeness (QED) is 0.794. The highest BCUT2D eigenvalue weighted by Crippen LogP contribution is 2.25. The van der Waals surface area contributed by atoms with Crippen LogP contribution < -0.4 is 10.3 Å². The number of carbonyl (C=O) groups excluding carboxylic acids is 1. The van der Waals surface area contributed by atoms with Crippen LogP contribution in [0.25, 0.3) is 0 Å². The van der Waals surface area contributed by atoms with Gasteiger partial charge in [0.2, 0.25) is 15.9 Å². The van der Waals surface area contributed by atoms with E-state index in [-0.39, 0.29) is 35.8 Å². The second kappa shape index (κ2) is 7.70. The molecule has 140 valence electrons. The predicted molar refractivity (Wildman–Crippen MR) is 96.7 cm³/mol. The summed E-state index contributed by atoms with van der Waals surface area (Å²) in [5.74, 6) is 0.287. The predicted octanol–water partition coefficient (Wildman–Crippen LogP) is 0.579. The lowest BCUT2D eigenvalue weighted by Gasteiger charge is -2.21. The van der Waals surface area contributed by atoms with Crippen molar-refractivity contribution in [3.63, 3.8) is 0 Å². The van der Waals surface area contributed by atoms with Crippen molar-refractivity contribution in [2.24, 2.45) is 11.8 Å². The van der Waals surface area contributed by atoms with E-state index in [9.17, 15) is 18.0 Å². The van der Waals surface area contributed by atoms with Crippen LogP contribution in [-0.4, -0.2) is 49.2 Å². The Morgan fingerprint density at radius 3 is 2.56 bits per heavy atom. The first kappa shape index (κ1) is 19.7. The number of nitrogens with zero attached hydrogens (tertiary/aromatic N) is 2. The van der Waals surface area contributed by atoms with Crippen LogP contribution in [0.3, 0.4) is 0 Å². The molecule has 1 saturated heterocycles. The van der Waals surface area contributed by atoms with Gasteiger partial charge in [-0.3, -0.25) is 9.59 Å². The molecular formula is C17H27N3O4S. The summed E-state index contributed by atoms with van der Waals surface area (Å²) in [6, 6.07) is 4.75. The van der Waals surface area contributed by atoms with Gasteiger partial charge in [0.1, 0.15) is 0 Å². The van der Waals surface area contributed by atoms with Gasteiger partial charge in [0, 0.05) is 43.9 Å². The molecular weight excluding hydrogens is 342 g/mol. The van der Waals surface area contributed by atoms with Crippen molar-refractivity contribution in [2.75, 3.05) is 19.3 Å². The van der Waals surface area contributed by atoms with E-state index in [1.807, 2.05) is 26.8 Å². The standard InChI is InChI=1S/C17H27N3O4S/c1-12(2)14-10-19(11-15(14)18-25(4,23)24)16(21)8-9-20-13(3)6-5-7-17(20)22/h5-7,12,14-15,18H,8-11H2,1-4H3/t14-,15+/m0/s1. The third-order valence-corrected chi connectivity index (χ3v) is 5.49. The molecule has 1 N–H and O–H groups in total. The third kappa shape index (κ3) is 5.15. The Bertz CT molecular complexity index is 785. The van der Waals surface area contributed by atoms with Gasteiger partial charge in [-0.25, -0.2) is 13.1 Å². The van der Waals surface area contributed by atoms with Gasteiger partial charge in [-0.2, -0.15) is 0 Å². The zero-order valence-corrected chi connectivity index (χ0v) is 16.0. The molecule has 1 aromatic heterocycles. The minimum Gasteiger partial charge on any atom is -0.341 e. The maximum atomic E-state index is 12.6. The molecule has 2 heterocycles. The number of aromatic nitrogens is 1. The molecule has 0 unspecified atom stereocenters. The molecule has 0 saturated carbocycles. The minimum absolute atomic E-state index is 0.0568. The Morgan fingerprint density at radius 1 is 1.32 bits per heavy atom. The van der Waals surface area contributed by atoms with Gasteiger partial charge in [-0.15, -0.1) is 0 Å². The summed E-state index contributed by atoms with van der Waals surface area (Å²) < 4.78 is 27.4. The second-order valence-electron chi connectivity index (χ2n) is 7.11. The van der Waals surface area contributed by atoms with Gasteiger partial charge < -0.3 is 9.47 Å². The topological polar surface area (TPSA) is 88.5 Å². The summed E-state index contributed by atoms with van der Waals surface area (Å²) in [5.41, 5.74) is 0.698. The second-order valence-corrected chi connectivity index (χ2v) is 8.89. The van der Waals surface area contributed by atoms with Crippen LogP contribution in [0.4, 0.5) is 0 Å². The molecule has 0 radical (unpaired) electrons. The number of amides is 1. The lowest BCUT2D eigenvalue weighted by molar-refractivity contribution is -0.130. The van der Waals surface area contributed by atoms with Gasteiger partial charge in [-0.05, 0) is 24.8 Å². The van der Waals surface area contributed by atoms with E-state index < -0.39 is 10.0 Å². The molecule has 0 spiro atoms. The van der Waals surface area contributed by atoms with Crippen LogP contribution in [0.1, 0.15) is 26.0 Å². The third-order valence-electron chi connectivity index (χ3n) is 4.76. The summed E-state index contributed by atoms with van der Waals surface area (Å²) in [6.45, 7) is 7.13. The number of hydrogen-bond acceptors (Lipinski definition) is 4. The summed E-state index contributed by atoms with van der Waals surface area (Å²) in [6.07, 6.45) is 1.36. The van der Waals surface area contributed by atoms with Gasteiger partial charge in [0.05, 0.1) is 6.26 Å². The zero-order valence-electron chi connectivity index (χ0n) is 15.2. The van der Waals surface area contributed by atoms with Gasteiger partial charge in [-0.1, -0.05) is 19.9 Å². The van der Waals surface area contributed by atoms with Crippen molar-refractivity contribution in [2.45, 2.75) is 39.8 Å². The summed E-state index contributed by atoms with van der Waals surface area (Å²) in [4.78, 5) is 26.1. The van der Waals surface area contributed by atoms with Crippen LogP contribution in [0, 0.1) is 18.8 Å². The fourth-order valence-corrected chi connectivity index (χ4v) is 4.18. The normalized spacial score (nSPS) is 21.1. The molecule has 1 aromatic rings. The zero-order chi connectivity index (χ0) is 18.8. The number of pyridine rings is 1. The maximum Gasteiger partial charge on any atom is 0.250 e. The monoisotopic (exact) mass is 369 g/mol. The maximum absolute atomic E-state index is 12.6. The lowest BCUT2D eigenvalue weighted by Crippen LogP contribution is -2.41. The molecule has 1 fully saturated rings. The first-order valence-corrected chi connectivity index (χ1v) is 10.4. The van der Waals surface area contributed by atoms with E-state index in [0.717, 1.165) is 11.9 Å². The van der Waals surface area contributed by atoms with Crippen molar-refractivity contribution in [3.8, 4) is 0 Å². The molecule has 1 aliphatic heterocycles. The van der Waals surface area contributed by atoms with Crippen LogP contribution in [0.2, 0.25) is 0 Å². The van der Waals surface area contributed by atoms with Crippen molar-refractivity contribution < 1.29 is 13.2 Å². The van der Waals surface area contributed by atoms with Crippen molar-refractivity contribution >= 4 is 15.9 Å². The molecule has 0 aliphatic carbocycles. The van der Waals surface area contributed by atoms with Gasteiger partial charge >= 0.3 is 0 Å². The van der Waals surface area contributed by atoms with Crippen LogP contribution in [0.15, 0.2) is 23.0 Å². The van der Waals surface area contributed by atoms with Gasteiger partial charge in [0.15, 0.2) is 0 Å². The number of sulfonamides is 1. The summed E-state index contributed by atoms with van der Waals surface area (Å²) in [7, 11) is -3.32. The molecule has 0 aromatic carbocycles. The van der Waals surface area contributed by atoms with Crippen molar-refractivity contribution in [1.82, 2.24) is 14.2 Å². The highest BCUT2D eigenvalue weighted by atomic mass is 32.2. The number of likely N-dealkylation sites (tertiary alicyclic amines) is 1. The molecule has 8 heteroatoms. The van der Waals surface area contributed by atoms with Crippen molar-refractivity contribution in [3.05, 3.63) is 34.2 Å². The van der Waals surface area contributed by atoms with Crippen LogP contribution in [-0.2, 0) is 21.4 Å². The number of aryl methyl sites for hydroxylation is 1. The van der Waals surface area contributed by atoms with E-state index >= 15 is 0 Å². The molecule has 1 aliphatic rings. The number of rotatable bonds is 6. The summed E-state index contributed by atoms with van der Waals surface area (Å²) in [5, 5.41) is 0.